The summed E-state index contributed by atoms with van der Waals surface area (Å²) in [5.41, 5.74) is 1.19. The zero-order valence-electron chi connectivity index (χ0n) is 12.9. The molecule has 0 aromatic heterocycles. The van der Waals surface area contributed by atoms with E-state index in [2.05, 4.69) is 18.3 Å². The number of hydrogen-bond acceptors (Lipinski definition) is 4. The number of benzene rings is 1. The molecule has 1 aromatic rings. The zero-order chi connectivity index (χ0) is 14.6. The fourth-order valence-corrected chi connectivity index (χ4v) is 1.89. The molecule has 4 nitrogen and oxygen atoms in total. The third-order valence-corrected chi connectivity index (χ3v) is 3.05. The van der Waals surface area contributed by atoms with Crippen molar-refractivity contribution in [3.63, 3.8) is 0 Å². The molecule has 0 radical (unpaired) electrons. The first kappa shape index (κ1) is 16.8. The van der Waals surface area contributed by atoms with E-state index in [9.17, 15) is 0 Å². The molecule has 1 rings (SSSR count). The standard InChI is InChI=1S/C16H27NO3/c1-4-5-6-10-20-16-12-14(7-8-15(16)19-3)13-17-9-11-18-2/h7-8,12,17H,4-6,9-11,13H2,1-3H3. The van der Waals surface area contributed by atoms with Gasteiger partial charge in [0.05, 0.1) is 20.3 Å². The highest BCUT2D eigenvalue weighted by molar-refractivity contribution is 5.42. The third-order valence-electron chi connectivity index (χ3n) is 3.05. The van der Waals surface area contributed by atoms with Crippen LogP contribution in [0, 0.1) is 0 Å². The van der Waals surface area contributed by atoms with Gasteiger partial charge in [-0.3, -0.25) is 0 Å². The van der Waals surface area contributed by atoms with Gasteiger partial charge in [0.25, 0.3) is 0 Å². The van der Waals surface area contributed by atoms with Crippen molar-refractivity contribution < 1.29 is 14.2 Å². The van der Waals surface area contributed by atoms with E-state index in [4.69, 9.17) is 14.2 Å². The van der Waals surface area contributed by atoms with Crippen LogP contribution in [0.2, 0.25) is 0 Å². The van der Waals surface area contributed by atoms with Crippen molar-refractivity contribution >= 4 is 0 Å². The normalized spacial score (nSPS) is 10.6. The largest absolute Gasteiger partial charge is 0.493 e. The maximum absolute atomic E-state index is 5.82. The molecule has 4 heteroatoms. The number of hydrogen-bond donors (Lipinski definition) is 1. The number of ether oxygens (including phenoxy) is 3. The van der Waals surface area contributed by atoms with Crippen molar-refractivity contribution in [2.75, 3.05) is 34.0 Å². The summed E-state index contributed by atoms with van der Waals surface area (Å²) in [4.78, 5) is 0. The lowest BCUT2D eigenvalue weighted by Gasteiger charge is -2.12. The Labute approximate surface area is 122 Å². The minimum absolute atomic E-state index is 0.719. The SMILES string of the molecule is CCCCCOc1cc(CNCCOC)ccc1OC. The summed E-state index contributed by atoms with van der Waals surface area (Å²) in [6.45, 7) is 5.29. The van der Waals surface area contributed by atoms with E-state index >= 15 is 0 Å². The maximum Gasteiger partial charge on any atom is 0.161 e. The lowest BCUT2D eigenvalue weighted by Crippen LogP contribution is -2.18. The van der Waals surface area contributed by atoms with Crippen LogP contribution in [0.15, 0.2) is 18.2 Å². The third kappa shape index (κ3) is 6.26. The molecule has 1 N–H and O–H groups in total. The van der Waals surface area contributed by atoms with Crippen LogP contribution in [0.3, 0.4) is 0 Å². The molecule has 0 heterocycles. The highest BCUT2D eigenvalue weighted by Crippen LogP contribution is 2.28. The van der Waals surface area contributed by atoms with Crippen molar-refractivity contribution in [2.45, 2.75) is 32.7 Å². The Bertz CT molecular complexity index is 369. The minimum Gasteiger partial charge on any atom is -0.493 e. The van der Waals surface area contributed by atoms with Gasteiger partial charge in [0.1, 0.15) is 0 Å². The molecule has 0 atom stereocenters. The first-order valence-electron chi connectivity index (χ1n) is 7.31. The molecule has 0 aliphatic heterocycles. The topological polar surface area (TPSA) is 39.7 Å². The molecule has 0 spiro atoms. The fraction of sp³-hybridized carbons (Fsp3) is 0.625. The molecule has 0 bridgehead atoms. The molecule has 1 aromatic carbocycles. The van der Waals surface area contributed by atoms with Gasteiger partial charge in [0, 0.05) is 20.2 Å². The molecular formula is C16H27NO3. The first-order valence-corrected chi connectivity index (χ1v) is 7.31. The van der Waals surface area contributed by atoms with Gasteiger partial charge in [-0.25, -0.2) is 0 Å². The van der Waals surface area contributed by atoms with Gasteiger partial charge in [0.2, 0.25) is 0 Å². The van der Waals surface area contributed by atoms with E-state index in [1.807, 2.05) is 12.1 Å². The number of methoxy groups -OCH3 is 2. The van der Waals surface area contributed by atoms with Crippen molar-refractivity contribution in [3.05, 3.63) is 23.8 Å². The summed E-state index contributed by atoms with van der Waals surface area (Å²) in [6, 6.07) is 6.06. The van der Waals surface area contributed by atoms with Crippen molar-refractivity contribution in [2.24, 2.45) is 0 Å². The number of rotatable bonds is 11. The van der Waals surface area contributed by atoms with Gasteiger partial charge in [-0.05, 0) is 24.1 Å². The molecule has 0 amide bonds. The summed E-state index contributed by atoms with van der Waals surface area (Å²) in [6.07, 6.45) is 3.47. The Balaban J connectivity index is 2.51. The molecule has 0 unspecified atom stereocenters. The summed E-state index contributed by atoms with van der Waals surface area (Å²) in [5, 5.41) is 3.32. The van der Waals surface area contributed by atoms with Gasteiger partial charge in [-0.15, -0.1) is 0 Å². The van der Waals surface area contributed by atoms with E-state index in [1.165, 1.54) is 18.4 Å². The van der Waals surface area contributed by atoms with Crippen LogP contribution in [0.1, 0.15) is 31.7 Å². The van der Waals surface area contributed by atoms with E-state index in [0.717, 1.165) is 44.2 Å². The molecular weight excluding hydrogens is 254 g/mol. The monoisotopic (exact) mass is 281 g/mol. The Kier molecular flexibility index (Phi) is 8.83. The van der Waals surface area contributed by atoms with Crippen LogP contribution in [-0.2, 0) is 11.3 Å². The van der Waals surface area contributed by atoms with Crippen LogP contribution in [-0.4, -0.2) is 34.0 Å². The fourth-order valence-electron chi connectivity index (χ4n) is 1.89. The van der Waals surface area contributed by atoms with Crippen molar-refractivity contribution in [1.82, 2.24) is 5.32 Å². The van der Waals surface area contributed by atoms with Crippen LogP contribution < -0.4 is 14.8 Å². The van der Waals surface area contributed by atoms with Crippen molar-refractivity contribution in [1.29, 1.82) is 0 Å². The van der Waals surface area contributed by atoms with Crippen LogP contribution in [0.4, 0.5) is 0 Å². The summed E-state index contributed by atoms with van der Waals surface area (Å²) >= 11 is 0. The van der Waals surface area contributed by atoms with E-state index < -0.39 is 0 Å². The van der Waals surface area contributed by atoms with Gasteiger partial charge < -0.3 is 19.5 Å². The van der Waals surface area contributed by atoms with E-state index in [1.54, 1.807) is 14.2 Å². The Morgan fingerprint density at radius 3 is 2.60 bits per heavy atom. The summed E-state index contributed by atoms with van der Waals surface area (Å²) in [5.74, 6) is 1.62. The summed E-state index contributed by atoms with van der Waals surface area (Å²) < 4.78 is 16.2. The minimum atomic E-state index is 0.719. The smallest absolute Gasteiger partial charge is 0.161 e. The molecule has 0 aliphatic rings. The highest BCUT2D eigenvalue weighted by Gasteiger charge is 2.05. The second-order valence-electron chi connectivity index (χ2n) is 4.71. The molecule has 0 fully saturated rings. The lowest BCUT2D eigenvalue weighted by atomic mass is 10.2. The predicted molar refractivity (Wildman–Crippen MR) is 81.6 cm³/mol. The Morgan fingerprint density at radius 2 is 1.90 bits per heavy atom. The predicted octanol–water partition coefficient (Wildman–Crippen LogP) is 3.00. The summed E-state index contributed by atoms with van der Waals surface area (Å²) in [7, 11) is 3.38. The van der Waals surface area contributed by atoms with Crippen molar-refractivity contribution in [3.8, 4) is 11.5 Å². The van der Waals surface area contributed by atoms with Crippen LogP contribution >= 0.6 is 0 Å². The van der Waals surface area contributed by atoms with E-state index in [0.29, 0.717) is 0 Å². The average molecular weight is 281 g/mol. The van der Waals surface area contributed by atoms with Gasteiger partial charge in [-0.2, -0.15) is 0 Å². The van der Waals surface area contributed by atoms with E-state index in [-0.39, 0.29) is 0 Å². The quantitative estimate of drug-likeness (QED) is 0.633. The second kappa shape index (κ2) is 10.5. The Morgan fingerprint density at radius 1 is 1.05 bits per heavy atom. The first-order chi connectivity index (χ1) is 9.81. The van der Waals surface area contributed by atoms with Gasteiger partial charge in [0.15, 0.2) is 11.5 Å². The maximum atomic E-state index is 5.82. The zero-order valence-corrected chi connectivity index (χ0v) is 12.9. The highest BCUT2D eigenvalue weighted by atomic mass is 16.5. The molecule has 114 valence electrons. The molecule has 0 saturated heterocycles. The van der Waals surface area contributed by atoms with Crippen LogP contribution in [0.5, 0.6) is 11.5 Å². The lowest BCUT2D eigenvalue weighted by molar-refractivity contribution is 0.199. The second-order valence-corrected chi connectivity index (χ2v) is 4.71. The molecule has 0 saturated carbocycles. The van der Waals surface area contributed by atoms with Crippen LogP contribution in [0.25, 0.3) is 0 Å². The number of unbranched alkanes of at least 4 members (excludes halogenated alkanes) is 2. The van der Waals surface area contributed by atoms with Gasteiger partial charge >= 0.3 is 0 Å². The number of nitrogens with one attached hydrogen (secondary N) is 1. The van der Waals surface area contributed by atoms with Gasteiger partial charge in [-0.1, -0.05) is 25.8 Å². The average Bonchev–Trinajstić information content (AvgIpc) is 2.48. The molecule has 0 aliphatic carbocycles. The Hall–Kier alpha value is -1.26. The molecule has 20 heavy (non-hydrogen) atoms.